The van der Waals surface area contributed by atoms with E-state index in [0.29, 0.717) is 18.7 Å². The van der Waals surface area contributed by atoms with Crippen molar-refractivity contribution >= 4 is 22.4 Å². The minimum absolute atomic E-state index is 0.284. The monoisotopic (exact) mass is 270 g/mol. The van der Waals surface area contributed by atoms with Crippen LogP contribution in [0.3, 0.4) is 0 Å². The van der Waals surface area contributed by atoms with E-state index >= 15 is 0 Å². The molecule has 0 aliphatic carbocycles. The summed E-state index contributed by atoms with van der Waals surface area (Å²) < 4.78 is 4.92. The van der Waals surface area contributed by atoms with E-state index in [9.17, 15) is 4.79 Å². The second-order valence-corrected chi connectivity index (χ2v) is 5.02. The normalized spacial score (nSPS) is 14.3. The fourth-order valence-electron chi connectivity index (χ4n) is 1.95. The minimum atomic E-state index is -0.284. The van der Waals surface area contributed by atoms with Crippen molar-refractivity contribution in [1.82, 2.24) is 0 Å². The van der Waals surface area contributed by atoms with Gasteiger partial charge in [0.1, 0.15) is 11.6 Å². The summed E-state index contributed by atoms with van der Waals surface area (Å²) in [5.74, 6) is 0. The maximum atomic E-state index is 11.5. The number of nitriles is 1. The number of thiophene rings is 1. The molecule has 0 N–H and O–H groups in total. The van der Waals surface area contributed by atoms with Crippen molar-refractivity contribution in [1.29, 1.82) is 5.26 Å². The van der Waals surface area contributed by atoms with Crippen LogP contribution in [-0.4, -0.2) is 19.2 Å². The molecule has 2 aromatic rings. The van der Waals surface area contributed by atoms with E-state index in [-0.39, 0.29) is 6.09 Å². The van der Waals surface area contributed by atoms with Crippen molar-refractivity contribution < 1.29 is 9.53 Å². The summed E-state index contributed by atoms with van der Waals surface area (Å²) in [6, 6.07) is 11.5. The summed E-state index contributed by atoms with van der Waals surface area (Å²) in [4.78, 5) is 13.1. The maximum Gasteiger partial charge on any atom is 0.415 e. The van der Waals surface area contributed by atoms with Gasteiger partial charge in [-0.2, -0.15) is 5.26 Å². The van der Waals surface area contributed by atoms with Crippen molar-refractivity contribution in [2.75, 3.05) is 18.1 Å². The Morgan fingerprint density at radius 2 is 2.05 bits per heavy atom. The zero-order chi connectivity index (χ0) is 13.2. The first-order valence-electron chi connectivity index (χ1n) is 5.81. The van der Waals surface area contributed by atoms with Crippen LogP contribution in [0.25, 0.3) is 11.1 Å². The summed E-state index contributed by atoms with van der Waals surface area (Å²) in [6.45, 7) is 1.05. The van der Waals surface area contributed by atoms with E-state index in [1.165, 1.54) is 11.3 Å². The van der Waals surface area contributed by atoms with Gasteiger partial charge < -0.3 is 4.74 Å². The van der Waals surface area contributed by atoms with Crippen molar-refractivity contribution in [3.05, 3.63) is 41.3 Å². The van der Waals surface area contributed by atoms with Crippen molar-refractivity contribution in [3.8, 4) is 17.2 Å². The highest BCUT2D eigenvalue weighted by Crippen LogP contribution is 2.32. The fraction of sp³-hybridized carbons (Fsp3) is 0.143. The zero-order valence-corrected chi connectivity index (χ0v) is 10.8. The highest BCUT2D eigenvalue weighted by atomic mass is 32.1. The molecule has 1 amide bonds. The standard InChI is InChI=1S/C14H10N2O2S/c15-8-10-1-3-11(4-2-10)12-7-13(19-9-12)16-5-6-18-14(16)17/h1-4,7,9H,5-6H2. The predicted molar refractivity (Wildman–Crippen MR) is 73.2 cm³/mol. The Morgan fingerprint density at radius 1 is 1.26 bits per heavy atom. The van der Waals surface area contributed by atoms with E-state index in [4.69, 9.17) is 10.00 Å². The molecule has 1 aromatic carbocycles. The van der Waals surface area contributed by atoms with Crippen LogP contribution in [-0.2, 0) is 4.74 Å². The SMILES string of the molecule is N#Cc1ccc(-c2csc(N3CCOC3=O)c2)cc1. The number of ether oxygens (including phenoxy) is 1. The molecule has 1 aliphatic rings. The number of amides is 1. The van der Waals surface area contributed by atoms with Crippen molar-refractivity contribution in [2.24, 2.45) is 0 Å². The van der Waals surface area contributed by atoms with Gasteiger partial charge in [-0.1, -0.05) is 12.1 Å². The summed E-state index contributed by atoms with van der Waals surface area (Å²) in [7, 11) is 0. The molecule has 0 atom stereocenters. The molecule has 0 spiro atoms. The van der Waals surface area contributed by atoms with Crippen LogP contribution < -0.4 is 4.90 Å². The Hall–Kier alpha value is -2.32. The van der Waals surface area contributed by atoms with Crippen molar-refractivity contribution in [2.45, 2.75) is 0 Å². The van der Waals surface area contributed by atoms with Gasteiger partial charge in [0.15, 0.2) is 0 Å². The van der Waals surface area contributed by atoms with E-state index < -0.39 is 0 Å². The molecule has 2 heterocycles. The first-order chi connectivity index (χ1) is 9.28. The molecular weight excluding hydrogens is 260 g/mol. The number of carbonyl (C=O) groups excluding carboxylic acids is 1. The van der Waals surface area contributed by atoms with Gasteiger partial charge in [-0.05, 0) is 29.3 Å². The largest absolute Gasteiger partial charge is 0.447 e. The molecular formula is C14H10N2O2S. The summed E-state index contributed by atoms with van der Waals surface area (Å²) in [5.41, 5.74) is 2.72. The van der Waals surface area contributed by atoms with Gasteiger partial charge in [-0.15, -0.1) is 11.3 Å². The second-order valence-electron chi connectivity index (χ2n) is 4.13. The van der Waals surface area contributed by atoms with E-state index in [1.54, 1.807) is 17.0 Å². The average molecular weight is 270 g/mol. The van der Waals surface area contributed by atoms with Gasteiger partial charge in [-0.25, -0.2) is 4.79 Å². The smallest absolute Gasteiger partial charge is 0.415 e. The molecule has 94 valence electrons. The number of rotatable bonds is 2. The highest BCUT2D eigenvalue weighted by molar-refractivity contribution is 7.14. The average Bonchev–Trinajstić information content (AvgIpc) is 3.07. The van der Waals surface area contributed by atoms with E-state index in [2.05, 4.69) is 6.07 Å². The molecule has 0 radical (unpaired) electrons. The van der Waals surface area contributed by atoms with Crippen LogP contribution >= 0.6 is 11.3 Å². The molecule has 5 heteroatoms. The molecule has 4 nitrogen and oxygen atoms in total. The molecule has 1 saturated heterocycles. The van der Waals surface area contributed by atoms with Gasteiger partial charge in [0.25, 0.3) is 0 Å². The van der Waals surface area contributed by atoms with Crippen LogP contribution in [0.15, 0.2) is 35.7 Å². The molecule has 3 rings (SSSR count). The molecule has 19 heavy (non-hydrogen) atoms. The minimum Gasteiger partial charge on any atom is -0.447 e. The van der Waals surface area contributed by atoms with Crippen LogP contribution in [0.5, 0.6) is 0 Å². The lowest BCUT2D eigenvalue weighted by Crippen LogP contribution is -2.21. The third kappa shape index (κ3) is 2.18. The van der Waals surface area contributed by atoms with Crippen LogP contribution in [0.1, 0.15) is 5.56 Å². The maximum absolute atomic E-state index is 11.5. The van der Waals surface area contributed by atoms with Crippen LogP contribution in [0.4, 0.5) is 9.80 Å². The highest BCUT2D eigenvalue weighted by Gasteiger charge is 2.24. The van der Waals surface area contributed by atoms with E-state index in [1.807, 2.05) is 23.6 Å². The lowest BCUT2D eigenvalue weighted by molar-refractivity contribution is 0.181. The first-order valence-corrected chi connectivity index (χ1v) is 6.69. The van der Waals surface area contributed by atoms with Gasteiger partial charge in [0.2, 0.25) is 0 Å². The third-order valence-corrected chi connectivity index (χ3v) is 3.91. The number of nitrogens with zero attached hydrogens (tertiary/aromatic N) is 2. The topological polar surface area (TPSA) is 53.3 Å². The molecule has 0 unspecified atom stereocenters. The van der Waals surface area contributed by atoms with E-state index in [0.717, 1.165) is 16.1 Å². The predicted octanol–water partition coefficient (Wildman–Crippen LogP) is 3.24. The number of anilines is 1. The summed E-state index contributed by atoms with van der Waals surface area (Å²) in [5, 5.41) is 11.7. The number of hydrogen-bond donors (Lipinski definition) is 0. The zero-order valence-electron chi connectivity index (χ0n) is 10.00. The molecule has 1 aliphatic heterocycles. The lowest BCUT2D eigenvalue weighted by atomic mass is 10.1. The Balaban J connectivity index is 1.88. The fourth-order valence-corrected chi connectivity index (χ4v) is 2.89. The number of carbonyl (C=O) groups is 1. The Bertz CT molecular complexity index is 655. The summed E-state index contributed by atoms with van der Waals surface area (Å²) >= 11 is 1.52. The van der Waals surface area contributed by atoms with Gasteiger partial charge in [-0.3, -0.25) is 4.90 Å². The molecule has 1 aromatic heterocycles. The first kappa shape index (κ1) is 11.8. The number of benzene rings is 1. The third-order valence-electron chi connectivity index (χ3n) is 2.96. The number of cyclic esters (lactones) is 1. The molecule has 0 saturated carbocycles. The van der Waals surface area contributed by atoms with Gasteiger partial charge in [0.05, 0.1) is 18.2 Å². The molecule has 0 bridgehead atoms. The summed E-state index contributed by atoms with van der Waals surface area (Å²) in [6.07, 6.45) is -0.284. The van der Waals surface area contributed by atoms with Crippen molar-refractivity contribution in [3.63, 3.8) is 0 Å². The van der Waals surface area contributed by atoms with Gasteiger partial charge in [0, 0.05) is 5.38 Å². The quantitative estimate of drug-likeness (QED) is 0.841. The molecule has 1 fully saturated rings. The number of hydrogen-bond acceptors (Lipinski definition) is 4. The Morgan fingerprint density at radius 3 is 2.68 bits per heavy atom. The Kier molecular flexibility index (Phi) is 2.94. The van der Waals surface area contributed by atoms with Crippen LogP contribution in [0.2, 0.25) is 0 Å². The van der Waals surface area contributed by atoms with Gasteiger partial charge >= 0.3 is 6.09 Å². The van der Waals surface area contributed by atoms with Crippen LogP contribution in [0, 0.1) is 11.3 Å². The lowest BCUT2D eigenvalue weighted by Gasteiger charge is -2.08. The second kappa shape index (κ2) is 4.75. The Labute approximate surface area is 114 Å².